The summed E-state index contributed by atoms with van der Waals surface area (Å²) in [4.78, 5) is 14.6. The summed E-state index contributed by atoms with van der Waals surface area (Å²) in [5, 5.41) is 3.69. The first-order valence-electron chi connectivity index (χ1n) is 7.67. The van der Waals surface area contributed by atoms with E-state index in [1.807, 2.05) is 24.5 Å². The van der Waals surface area contributed by atoms with E-state index >= 15 is 0 Å². The molecule has 0 aliphatic heterocycles. The SMILES string of the molecule is CC(=O)N(c1onc(C)c1C)S(=O)(=O)c1ccc(N)cc1.c1cc[nH]c1. The van der Waals surface area contributed by atoms with Crippen LogP contribution in [0.5, 0.6) is 0 Å². The number of hydrogen-bond acceptors (Lipinski definition) is 6. The summed E-state index contributed by atoms with van der Waals surface area (Å²) < 4.78 is 30.9. The summed E-state index contributed by atoms with van der Waals surface area (Å²) in [6, 6.07) is 9.45. The number of aryl methyl sites for hydroxylation is 1. The summed E-state index contributed by atoms with van der Waals surface area (Å²) in [5.74, 6) is -0.789. The van der Waals surface area contributed by atoms with E-state index in [-0.39, 0.29) is 10.8 Å². The van der Waals surface area contributed by atoms with Crippen molar-refractivity contribution in [3.63, 3.8) is 0 Å². The van der Waals surface area contributed by atoms with Gasteiger partial charge in [-0.15, -0.1) is 0 Å². The number of hydrogen-bond donors (Lipinski definition) is 2. The molecule has 0 atom stereocenters. The molecule has 26 heavy (non-hydrogen) atoms. The van der Waals surface area contributed by atoms with E-state index in [0.29, 0.717) is 21.2 Å². The molecule has 3 rings (SSSR count). The van der Waals surface area contributed by atoms with Crippen molar-refractivity contribution in [2.75, 3.05) is 10.0 Å². The molecule has 0 aliphatic rings. The minimum atomic E-state index is -4.08. The van der Waals surface area contributed by atoms with Crippen LogP contribution in [0.3, 0.4) is 0 Å². The number of nitrogens with two attached hydrogens (primary N) is 1. The summed E-state index contributed by atoms with van der Waals surface area (Å²) in [6.07, 6.45) is 3.75. The number of carbonyl (C=O) groups excluding carboxylic acids is 1. The number of carbonyl (C=O) groups is 1. The zero-order valence-corrected chi connectivity index (χ0v) is 15.4. The van der Waals surface area contributed by atoms with Gasteiger partial charge in [0.25, 0.3) is 15.9 Å². The molecule has 0 saturated heterocycles. The van der Waals surface area contributed by atoms with E-state index in [1.54, 1.807) is 13.8 Å². The van der Waals surface area contributed by atoms with Gasteiger partial charge in [-0.05, 0) is 50.2 Å². The van der Waals surface area contributed by atoms with Crippen molar-refractivity contribution in [3.8, 4) is 0 Å². The van der Waals surface area contributed by atoms with Crippen molar-refractivity contribution in [2.24, 2.45) is 0 Å². The van der Waals surface area contributed by atoms with Crippen LogP contribution >= 0.6 is 0 Å². The average Bonchev–Trinajstić information content (AvgIpc) is 3.25. The second-order valence-corrected chi connectivity index (χ2v) is 7.23. The van der Waals surface area contributed by atoms with Crippen molar-refractivity contribution in [1.82, 2.24) is 10.1 Å². The Morgan fingerprint density at radius 2 is 1.73 bits per heavy atom. The molecule has 1 aromatic carbocycles. The second kappa shape index (κ2) is 7.87. The fraction of sp³-hybridized carbons (Fsp3) is 0.176. The summed E-state index contributed by atoms with van der Waals surface area (Å²) in [5.41, 5.74) is 6.97. The van der Waals surface area contributed by atoms with Gasteiger partial charge in [0.2, 0.25) is 5.91 Å². The lowest BCUT2D eigenvalue weighted by Gasteiger charge is -2.18. The number of anilines is 2. The maximum absolute atomic E-state index is 12.6. The number of nitrogens with one attached hydrogen (secondary N) is 1. The molecule has 0 radical (unpaired) electrons. The quantitative estimate of drug-likeness (QED) is 0.678. The van der Waals surface area contributed by atoms with Crippen LogP contribution < -0.4 is 10.0 Å². The molecule has 0 aliphatic carbocycles. The van der Waals surface area contributed by atoms with E-state index in [1.165, 1.54) is 24.3 Å². The normalized spacial score (nSPS) is 10.7. The third kappa shape index (κ3) is 4.12. The molecule has 0 bridgehead atoms. The third-order valence-electron chi connectivity index (χ3n) is 3.52. The van der Waals surface area contributed by atoms with E-state index < -0.39 is 15.9 Å². The van der Waals surface area contributed by atoms with Crippen molar-refractivity contribution in [3.05, 3.63) is 60.0 Å². The van der Waals surface area contributed by atoms with Gasteiger partial charge >= 0.3 is 0 Å². The van der Waals surface area contributed by atoms with Gasteiger partial charge in [-0.1, -0.05) is 5.16 Å². The Balaban J connectivity index is 0.000000417. The Morgan fingerprint density at radius 3 is 2.12 bits per heavy atom. The Hall–Kier alpha value is -3.07. The monoisotopic (exact) mass is 376 g/mol. The highest BCUT2D eigenvalue weighted by Gasteiger charge is 2.33. The lowest BCUT2D eigenvalue weighted by Crippen LogP contribution is -2.35. The van der Waals surface area contributed by atoms with E-state index in [4.69, 9.17) is 10.3 Å². The van der Waals surface area contributed by atoms with Gasteiger partial charge in [-0.3, -0.25) is 4.79 Å². The largest absolute Gasteiger partial charge is 0.399 e. The van der Waals surface area contributed by atoms with Gasteiger partial charge in [-0.2, -0.15) is 4.31 Å². The smallest absolute Gasteiger partial charge is 0.273 e. The molecule has 138 valence electrons. The molecular formula is C17H20N4O4S. The highest BCUT2D eigenvalue weighted by atomic mass is 32.2. The number of H-pyrrole nitrogens is 1. The van der Waals surface area contributed by atoms with Crippen LogP contribution in [0.2, 0.25) is 0 Å². The van der Waals surface area contributed by atoms with Crippen LogP contribution in [0.4, 0.5) is 11.6 Å². The van der Waals surface area contributed by atoms with Gasteiger partial charge in [0.1, 0.15) is 0 Å². The third-order valence-corrected chi connectivity index (χ3v) is 5.29. The van der Waals surface area contributed by atoms with E-state index in [2.05, 4.69) is 10.1 Å². The number of amides is 1. The number of aromatic nitrogens is 2. The van der Waals surface area contributed by atoms with Crippen molar-refractivity contribution in [1.29, 1.82) is 0 Å². The Morgan fingerprint density at radius 1 is 1.15 bits per heavy atom. The molecule has 3 N–H and O–H groups in total. The Labute approximate surface area is 151 Å². The molecule has 0 unspecified atom stereocenters. The van der Waals surface area contributed by atoms with Crippen molar-refractivity contribution >= 4 is 27.5 Å². The van der Waals surface area contributed by atoms with Crippen molar-refractivity contribution in [2.45, 2.75) is 25.7 Å². The van der Waals surface area contributed by atoms with E-state index in [0.717, 1.165) is 6.92 Å². The highest BCUT2D eigenvalue weighted by molar-refractivity contribution is 7.93. The molecule has 1 amide bonds. The highest BCUT2D eigenvalue weighted by Crippen LogP contribution is 2.28. The minimum absolute atomic E-state index is 0.0552. The Kier molecular flexibility index (Phi) is 5.83. The van der Waals surface area contributed by atoms with Gasteiger partial charge in [0, 0.05) is 30.6 Å². The summed E-state index contributed by atoms with van der Waals surface area (Å²) >= 11 is 0. The van der Waals surface area contributed by atoms with Crippen LogP contribution in [0, 0.1) is 13.8 Å². The predicted molar refractivity (Wildman–Crippen MR) is 98.0 cm³/mol. The molecule has 0 saturated carbocycles. The maximum Gasteiger partial charge on any atom is 0.273 e. The van der Waals surface area contributed by atoms with Gasteiger partial charge in [-0.25, -0.2) is 8.42 Å². The predicted octanol–water partition coefficient (Wildman–Crippen LogP) is 2.63. The standard InChI is InChI=1S/C13H15N3O4S.C4H5N/c1-8-9(2)15-20-13(8)16(10(3)17)21(18,19)12-6-4-11(14)5-7-12;1-2-4-5-3-1/h4-7H,14H2,1-3H3;1-5H. The minimum Gasteiger partial charge on any atom is -0.399 e. The fourth-order valence-corrected chi connectivity index (χ4v) is 3.46. The molecule has 9 heteroatoms. The molecule has 3 aromatic rings. The first kappa shape index (κ1) is 19.3. The van der Waals surface area contributed by atoms with Crippen molar-refractivity contribution < 1.29 is 17.7 Å². The topological polar surface area (TPSA) is 122 Å². The zero-order valence-electron chi connectivity index (χ0n) is 14.6. The van der Waals surface area contributed by atoms with Crippen LogP contribution in [-0.4, -0.2) is 24.5 Å². The number of nitrogens with zero attached hydrogens (tertiary/aromatic N) is 2. The number of nitrogen functional groups attached to an aromatic ring is 1. The summed E-state index contributed by atoms with van der Waals surface area (Å²) in [7, 11) is -4.08. The van der Waals surface area contributed by atoms with Crippen LogP contribution in [0.1, 0.15) is 18.2 Å². The number of rotatable bonds is 3. The number of aromatic amines is 1. The van der Waals surface area contributed by atoms with Crippen LogP contribution in [0.15, 0.2) is 58.2 Å². The van der Waals surface area contributed by atoms with Crippen LogP contribution in [0.25, 0.3) is 0 Å². The lowest BCUT2D eigenvalue weighted by molar-refractivity contribution is -0.115. The lowest BCUT2D eigenvalue weighted by atomic mass is 10.3. The van der Waals surface area contributed by atoms with Gasteiger partial charge < -0.3 is 15.2 Å². The molecule has 0 spiro atoms. The summed E-state index contributed by atoms with van der Waals surface area (Å²) in [6.45, 7) is 4.44. The van der Waals surface area contributed by atoms with Gasteiger partial charge in [0.05, 0.1) is 10.6 Å². The fourth-order valence-electron chi connectivity index (χ4n) is 2.04. The average molecular weight is 376 g/mol. The first-order valence-corrected chi connectivity index (χ1v) is 9.11. The number of benzene rings is 1. The maximum atomic E-state index is 12.6. The Bertz CT molecular complexity index is 944. The molecular weight excluding hydrogens is 356 g/mol. The molecule has 2 heterocycles. The van der Waals surface area contributed by atoms with E-state index in [9.17, 15) is 13.2 Å². The molecule has 8 nitrogen and oxygen atoms in total. The molecule has 0 fully saturated rings. The second-order valence-electron chi connectivity index (χ2n) is 5.44. The first-order chi connectivity index (χ1) is 12.2. The zero-order chi connectivity index (χ0) is 19.3. The molecule has 2 aromatic heterocycles. The number of sulfonamides is 1. The van der Waals surface area contributed by atoms with Crippen LogP contribution in [-0.2, 0) is 14.8 Å². The van der Waals surface area contributed by atoms with Gasteiger partial charge in [0.15, 0.2) is 0 Å².